The van der Waals surface area contributed by atoms with Crippen molar-refractivity contribution < 1.29 is 14.0 Å². The highest BCUT2D eigenvalue weighted by Gasteiger charge is 2.64. The number of esters is 1. The summed E-state index contributed by atoms with van der Waals surface area (Å²) in [4.78, 5) is 12.0. The molecule has 3 aliphatic rings. The van der Waals surface area contributed by atoms with Crippen LogP contribution in [0.15, 0.2) is 0 Å². The van der Waals surface area contributed by atoms with E-state index in [1.807, 2.05) is 6.92 Å². The zero-order chi connectivity index (χ0) is 15.5. The summed E-state index contributed by atoms with van der Waals surface area (Å²) in [5, 5.41) is 0. The van der Waals surface area contributed by atoms with Crippen molar-refractivity contribution in [1.82, 2.24) is 0 Å². The molecule has 2 bridgehead atoms. The molecule has 1 aliphatic heterocycles. The van der Waals surface area contributed by atoms with Crippen LogP contribution in [0.1, 0.15) is 53.4 Å². The van der Waals surface area contributed by atoms with Crippen LogP contribution >= 0.6 is 0 Å². The number of carbonyl (C=O) groups excluding carboxylic acids is 1. The Labute approximate surface area is 129 Å². The Kier molecular flexibility index (Phi) is 3.57. The molecular weight excluding hydrogens is 280 g/mol. The highest BCUT2D eigenvalue weighted by molar-refractivity contribution is 6.80. The maximum Gasteiger partial charge on any atom is 0.307 e. The molecule has 3 rings (SSSR count). The first-order chi connectivity index (χ1) is 9.77. The minimum Gasteiger partial charge on any atom is -0.469 e. The van der Waals surface area contributed by atoms with Crippen LogP contribution in [0.3, 0.4) is 0 Å². The van der Waals surface area contributed by atoms with Crippen molar-refractivity contribution in [3.8, 4) is 0 Å². The SMILES string of the molecule is COC(=O)C(C)[Si]1(O[C@@H]2C[C@@H]3CC[C@@]2(C)C3(C)C)CCC1. The molecule has 4 atom stereocenters. The number of methoxy groups -OCH3 is 1. The van der Waals surface area contributed by atoms with Gasteiger partial charge in [-0.15, -0.1) is 0 Å². The fourth-order valence-electron chi connectivity index (χ4n) is 5.16. The highest BCUT2D eigenvalue weighted by atomic mass is 28.4. The Hall–Kier alpha value is -0.353. The summed E-state index contributed by atoms with van der Waals surface area (Å²) in [6.45, 7) is 9.31. The minimum atomic E-state index is -1.92. The zero-order valence-electron chi connectivity index (χ0n) is 14.2. The van der Waals surface area contributed by atoms with E-state index in [1.54, 1.807) is 0 Å². The smallest absolute Gasteiger partial charge is 0.307 e. The van der Waals surface area contributed by atoms with E-state index < -0.39 is 8.32 Å². The van der Waals surface area contributed by atoms with E-state index in [-0.39, 0.29) is 11.5 Å². The Morgan fingerprint density at radius 1 is 1.29 bits per heavy atom. The maximum atomic E-state index is 12.0. The van der Waals surface area contributed by atoms with Crippen LogP contribution in [-0.4, -0.2) is 27.5 Å². The first-order valence-corrected chi connectivity index (χ1v) is 10.9. The average molecular weight is 311 g/mol. The number of fused-ring (bicyclic) bond motifs is 2. The van der Waals surface area contributed by atoms with Crippen molar-refractivity contribution in [1.29, 1.82) is 0 Å². The Bertz CT molecular complexity index is 443. The second kappa shape index (κ2) is 4.82. The molecule has 3 nitrogen and oxygen atoms in total. The highest BCUT2D eigenvalue weighted by Crippen LogP contribution is 2.67. The zero-order valence-corrected chi connectivity index (χ0v) is 15.2. The van der Waals surface area contributed by atoms with E-state index in [0.29, 0.717) is 16.9 Å². The van der Waals surface area contributed by atoms with E-state index in [1.165, 1.54) is 32.8 Å². The first kappa shape index (κ1) is 15.5. The molecule has 0 amide bonds. The predicted molar refractivity (Wildman–Crippen MR) is 85.5 cm³/mol. The third-order valence-corrected chi connectivity index (χ3v) is 12.6. The summed E-state index contributed by atoms with van der Waals surface area (Å²) < 4.78 is 11.8. The lowest BCUT2D eigenvalue weighted by Crippen LogP contribution is -2.55. The lowest BCUT2D eigenvalue weighted by Gasteiger charge is -2.49. The van der Waals surface area contributed by atoms with E-state index >= 15 is 0 Å². The molecule has 120 valence electrons. The molecule has 1 unspecified atom stereocenters. The molecule has 0 aromatic heterocycles. The molecule has 0 radical (unpaired) electrons. The Morgan fingerprint density at radius 3 is 2.33 bits per heavy atom. The van der Waals surface area contributed by atoms with Crippen LogP contribution in [0.25, 0.3) is 0 Å². The van der Waals surface area contributed by atoms with Crippen molar-refractivity contribution in [3.63, 3.8) is 0 Å². The van der Waals surface area contributed by atoms with Crippen LogP contribution in [-0.2, 0) is 14.0 Å². The van der Waals surface area contributed by atoms with Gasteiger partial charge in [-0.3, -0.25) is 4.79 Å². The van der Waals surface area contributed by atoms with Crippen molar-refractivity contribution >= 4 is 14.3 Å². The lowest BCUT2D eigenvalue weighted by atomic mass is 9.70. The van der Waals surface area contributed by atoms with Crippen LogP contribution < -0.4 is 0 Å². The van der Waals surface area contributed by atoms with Gasteiger partial charge in [0.05, 0.1) is 18.8 Å². The number of ether oxygens (including phenoxy) is 1. The van der Waals surface area contributed by atoms with Crippen molar-refractivity contribution in [2.24, 2.45) is 16.7 Å². The summed E-state index contributed by atoms with van der Waals surface area (Å²) in [6, 6.07) is 2.28. The van der Waals surface area contributed by atoms with Gasteiger partial charge in [-0.2, -0.15) is 0 Å². The molecule has 3 fully saturated rings. The number of rotatable bonds is 4. The second-order valence-corrected chi connectivity index (χ2v) is 12.6. The molecule has 2 saturated carbocycles. The van der Waals surface area contributed by atoms with Crippen LogP contribution in [0.2, 0.25) is 17.6 Å². The normalized spacial score (nSPS) is 40.6. The summed E-state index contributed by atoms with van der Waals surface area (Å²) in [6.07, 6.45) is 5.43. The maximum absolute atomic E-state index is 12.0. The van der Waals surface area contributed by atoms with Gasteiger partial charge < -0.3 is 9.16 Å². The predicted octanol–water partition coefficient (Wildman–Crippen LogP) is 4.13. The molecule has 21 heavy (non-hydrogen) atoms. The number of hydrogen-bond acceptors (Lipinski definition) is 3. The first-order valence-electron chi connectivity index (χ1n) is 8.52. The molecule has 2 aliphatic carbocycles. The Morgan fingerprint density at radius 2 is 1.95 bits per heavy atom. The van der Waals surface area contributed by atoms with Gasteiger partial charge in [0.15, 0.2) is 0 Å². The van der Waals surface area contributed by atoms with Gasteiger partial charge >= 0.3 is 5.97 Å². The minimum absolute atomic E-state index is 0.0120. The van der Waals surface area contributed by atoms with Gasteiger partial charge in [-0.25, -0.2) is 0 Å². The molecule has 0 aromatic rings. The van der Waals surface area contributed by atoms with Crippen LogP contribution in [0, 0.1) is 16.7 Å². The number of carbonyl (C=O) groups is 1. The van der Waals surface area contributed by atoms with Gasteiger partial charge in [0.1, 0.15) is 0 Å². The summed E-state index contributed by atoms with van der Waals surface area (Å²) in [7, 11) is -0.415. The van der Waals surface area contributed by atoms with E-state index in [0.717, 1.165) is 18.0 Å². The standard InChI is InChI=1S/C17H30O3Si/c1-12(15(18)19-5)21(9-6-10-21)20-14-11-13-7-8-17(14,4)16(13,2)3/h12-14H,6-11H2,1-5H3/t12?,13-,14+,17+/m0/s1. The van der Waals surface area contributed by atoms with E-state index in [9.17, 15) is 4.79 Å². The largest absolute Gasteiger partial charge is 0.469 e. The van der Waals surface area contributed by atoms with Crippen molar-refractivity contribution in [2.45, 2.75) is 77.1 Å². The van der Waals surface area contributed by atoms with Gasteiger partial charge in [-0.1, -0.05) is 34.1 Å². The van der Waals surface area contributed by atoms with Gasteiger partial charge in [0, 0.05) is 0 Å². The number of hydrogen-bond donors (Lipinski definition) is 0. The topological polar surface area (TPSA) is 35.5 Å². The average Bonchev–Trinajstić information content (AvgIpc) is 2.74. The monoisotopic (exact) mass is 310 g/mol. The van der Waals surface area contributed by atoms with Gasteiger partial charge in [-0.05, 0) is 48.1 Å². The fraction of sp³-hybridized carbons (Fsp3) is 0.941. The molecule has 0 N–H and O–H groups in total. The molecule has 1 heterocycles. The third kappa shape index (κ3) is 1.98. The molecule has 1 saturated heterocycles. The van der Waals surface area contributed by atoms with Gasteiger partial charge in [0.2, 0.25) is 8.32 Å². The van der Waals surface area contributed by atoms with Crippen LogP contribution in [0.4, 0.5) is 0 Å². The lowest BCUT2D eigenvalue weighted by molar-refractivity contribution is -0.140. The molecule has 0 spiro atoms. The summed E-state index contributed by atoms with van der Waals surface area (Å²) in [5.41, 5.74) is 0.663. The Balaban J connectivity index is 1.79. The van der Waals surface area contributed by atoms with Gasteiger partial charge in [0.25, 0.3) is 0 Å². The van der Waals surface area contributed by atoms with E-state index in [4.69, 9.17) is 9.16 Å². The van der Waals surface area contributed by atoms with E-state index in [2.05, 4.69) is 20.8 Å². The molecular formula is C17H30O3Si. The third-order valence-electron chi connectivity index (χ3n) is 7.63. The molecule has 0 aromatic carbocycles. The van der Waals surface area contributed by atoms with Crippen molar-refractivity contribution in [3.05, 3.63) is 0 Å². The van der Waals surface area contributed by atoms with Crippen LogP contribution in [0.5, 0.6) is 0 Å². The fourth-order valence-corrected chi connectivity index (χ4v) is 8.99. The second-order valence-electron chi connectivity index (χ2n) is 8.38. The molecule has 4 heteroatoms. The van der Waals surface area contributed by atoms with Crippen molar-refractivity contribution in [2.75, 3.05) is 7.11 Å². The summed E-state index contributed by atoms with van der Waals surface area (Å²) in [5.74, 6) is 0.737. The quantitative estimate of drug-likeness (QED) is 0.578. The summed E-state index contributed by atoms with van der Waals surface area (Å²) >= 11 is 0.